The van der Waals surface area contributed by atoms with Gasteiger partial charge in [-0.3, -0.25) is 4.79 Å². The zero-order chi connectivity index (χ0) is 19.6. The zero-order valence-electron chi connectivity index (χ0n) is 14.5. The van der Waals surface area contributed by atoms with E-state index < -0.39 is 11.7 Å². The summed E-state index contributed by atoms with van der Waals surface area (Å²) in [4.78, 5) is 12.7. The lowest BCUT2D eigenvalue weighted by atomic mass is 10.2. The fraction of sp³-hybridized carbons (Fsp3) is 0.158. The van der Waals surface area contributed by atoms with Gasteiger partial charge in [0, 0.05) is 8.95 Å². The number of hydrogen-bond donors (Lipinski definition) is 1. The average molecular weight is 498 g/mol. The van der Waals surface area contributed by atoms with Gasteiger partial charge in [-0.05, 0) is 69.5 Å². The van der Waals surface area contributed by atoms with Gasteiger partial charge in [0.25, 0.3) is 5.91 Å². The van der Waals surface area contributed by atoms with Gasteiger partial charge in [-0.15, -0.1) is 0 Å². The molecule has 0 aliphatic heterocycles. The van der Waals surface area contributed by atoms with Crippen LogP contribution in [0.2, 0.25) is 0 Å². The van der Waals surface area contributed by atoms with Crippen molar-refractivity contribution in [3.63, 3.8) is 0 Å². The summed E-state index contributed by atoms with van der Waals surface area (Å²) < 4.78 is 25.2. The van der Waals surface area contributed by atoms with Crippen LogP contribution in [-0.4, -0.2) is 11.1 Å². The van der Waals surface area contributed by atoms with E-state index in [4.69, 9.17) is 9.26 Å². The van der Waals surface area contributed by atoms with E-state index in [0.29, 0.717) is 31.7 Å². The van der Waals surface area contributed by atoms with E-state index in [1.165, 1.54) is 12.1 Å². The number of carbonyl (C=O) groups excluding carboxylic acids is 1. The molecule has 3 rings (SSSR count). The van der Waals surface area contributed by atoms with Crippen LogP contribution in [0.5, 0.6) is 5.75 Å². The van der Waals surface area contributed by atoms with Crippen molar-refractivity contribution in [1.82, 2.24) is 5.16 Å². The number of aryl methyl sites for hydroxylation is 2. The van der Waals surface area contributed by atoms with Crippen LogP contribution in [0.4, 0.5) is 10.1 Å². The Morgan fingerprint density at radius 2 is 1.89 bits per heavy atom. The number of ether oxygens (including phenoxy) is 1. The van der Waals surface area contributed by atoms with Crippen LogP contribution in [0.1, 0.15) is 27.4 Å². The number of hydrogen-bond acceptors (Lipinski definition) is 4. The SMILES string of the molecule is Cc1ccccc1OCc1c(C(=O)Nc2c(Br)cc(F)cc2Br)noc1C. The standard InChI is InChI=1S/C19H15Br2FN2O3/c1-10-5-3-4-6-16(10)26-9-13-11(2)27-24-17(13)19(25)23-18-14(20)7-12(22)8-15(18)21/h3-8H,9H2,1-2H3,(H,23,25). The maximum Gasteiger partial charge on any atom is 0.278 e. The summed E-state index contributed by atoms with van der Waals surface area (Å²) in [5.74, 6) is 0.291. The number of nitrogens with zero attached hydrogens (tertiary/aromatic N) is 1. The lowest BCUT2D eigenvalue weighted by Crippen LogP contribution is -2.16. The first-order chi connectivity index (χ1) is 12.9. The molecule has 27 heavy (non-hydrogen) atoms. The highest BCUT2D eigenvalue weighted by molar-refractivity contribution is 9.11. The van der Waals surface area contributed by atoms with Crippen LogP contribution in [0.15, 0.2) is 49.9 Å². The van der Waals surface area contributed by atoms with Gasteiger partial charge in [0.05, 0.1) is 11.3 Å². The highest BCUT2D eigenvalue weighted by Crippen LogP contribution is 2.32. The molecule has 5 nitrogen and oxygen atoms in total. The predicted octanol–water partition coefficient (Wildman–Crippen LogP) is 5.79. The van der Waals surface area contributed by atoms with Crippen molar-refractivity contribution >= 4 is 43.5 Å². The molecule has 0 unspecified atom stereocenters. The average Bonchev–Trinajstić information content (AvgIpc) is 2.98. The fourth-order valence-corrected chi connectivity index (χ4v) is 3.77. The van der Waals surface area contributed by atoms with Crippen molar-refractivity contribution in [3.05, 3.63) is 73.7 Å². The quantitative estimate of drug-likeness (QED) is 0.484. The number of nitrogens with one attached hydrogen (secondary N) is 1. The topological polar surface area (TPSA) is 64.4 Å². The van der Waals surface area contributed by atoms with Crippen LogP contribution in [0, 0.1) is 19.7 Å². The molecule has 0 saturated heterocycles. The molecule has 1 heterocycles. The lowest BCUT2D eigenvalue weighted by Gasteiger charge is -2.11. The predicted molar refractivity (Wildman–Crippen MR) is 107 cm³/mol. The molecule has 0 aliphatic carbocycles. The smallest absolute Gasteiger partial charge is 0.278 e. The van der Waals surface area contributed by atoms with Crippen molar-refractivity contribution in [2.45, 2.75) is 20.5 Å². The summed E-state index contributed by atoms with van der Waals surface area (Å²) in [7, 11) is 0. The number of carbonyl (C=O) groups is 1. The largest absolute Gasteiger partial charge is 0.488 e. The molecule has 0 saturated carbocycles. The van der Waals surface area contributed by atoms with Crippen LogP contribution >= 0.6 is 31.9 Å². The van der Waals surface area contributed by atoms with E-state index in [-0.39, 0.29) is 12.3 Å². The molecule has 0 fully saturated rings. The van der Waals surface area contributed by atoms with Crippen LogP contribution in [0.3, 0.4) is 0 Å². The number of benzene rings is 2. The number of halogens is 3. The Kier molecular flexibility index (Phi) is 5.96. The van der Waals surface area contributed by atoms with Gasteiger partial charge in [-0.25, -0.2) is 4.39 Å². The van der Waals surface area contributed by atoms with Gasteiger partial charge >= 0.3 is 0 Å². The summed E-state index contributed by atoms with van der Waals surface area (Å²) in [5.41, 5.74) is 2.04. The van der Waals surface area contributed by atoms with Crippen LogP contribution in [-0.2, 0) is 6.61 Å². The van der Waals surface area contributed by atoms with Crippen molar-refractivity contribution in [1.29, 1.82) is 0 Å². The fourth-order valence-electron chi connectivity index (χ4n) is 2.44. The monoisotopic (exact) mass is 496 g/mol. The summed E-state index contributed by atoms with van der Waals surface area (Å²) in [6.07, 6.45) is 0. The Bertz CT molecular complexity index is 981. The second-order valence-corrected chi connectivity index (χ2v) is 7.53. The highest BCUT2D eigenvalue weighted by Gasteiger charge is 2.22. The number of rotatable bonds is 5. The number of para-hydroxylation sites is 1. The van der Waals surface area contributed by atoms with Gasteiger partial charge in [0.2, 0.25) is 0 Å². The first-order valence-electron chi connectivity index (χ1n) is 7.96. The van der Waals surface area contributed by atoms with Crippen molar-refractivity contribution in [3.8, 4) is 5.75 Å². The molecule has 0 aliphatic rings. The zero-order valence-corrected chi connectivity index (χ0v) is 17.6. The molecule has 0 spiro atoms. The van der Waals surface area contributed by atoms with E-state index in [0.717, 1.165) is 5.56 Å². The van der Waals surface area contributed by atoms with Gasteiger partial charge in [0.15, 0.2) is 5.69 Å². The van der Waals surface area contributed by atoms with E-state index >= 15 is 0 Å². The van der Waals surface area contributed by atoms with Crippen LogP contribution < -0.4 is 10.1 Å². The van der Waals surface area contributed by atoms with Gasteiger partial charge in [-0.2, -0.15) is 0 Å². The third-order valence-electron chi connectivity index (χ3n) is 3.91. The normalized spacial score (nSPS) is 10.7. The molecule has 0 radical (unpaired) electrons. The molecular formula is C19H15Br2FN2O3. The lowest BCUT2D eigenvalue weighted by molar-refractivity contribution is 0.101. The minimum atomic E-state index is -0.483. The number of aromatic nitrogens is 1. The second kappa shape index (κ2) is 8.22. The van der Waals surface area contributed by atoms with E-state index in [2.05, 4.69) is 42.3 Å². The molecular weight excluding hydrogens is 483 g/mol. The van der Waals surface area contributed by atoms with Crippen molar-refractivity contribution < 1.29 is 18.4 Å². The Morgan fingerprint density at radius 3 is 2.56 bits per heavy atom. The number of amides is 1. The molecule has 3 aromatic rings. The van der Waals surface area contributed by atoms with Gasteiger partial charge in [0.1, 0.15) is 23.9 Å². The maximum atomic E-state index is 13.4. The summed E-state index contributed by atoms with van der Waals surface area (Å²) >= 11 is 6.48. The van der Waals surface area contributed by atoms with Crippen molar-refractivity contribution in [2.75, 3.05) is 5.32 Å². The van der Waals surface area contributed by atoms with E-state index in [1.807, 2.05) is 31.2 Å². The molecule has 0 bridgehead atoms. The second-order valence-electron chi connectivity index (χ2n) is 5.82. The first kappa shape index (κ1) is 19.6. The van der Waals surface area contributed by atoms with Gasteiger partial charge < -0.3 is 14.6 Å². The van der Waals surface area contributed by atoms with Gasteiger partial charge in [-0.1, -0.05) is 23.4 Å². The molecule has 140 valence electrons. The molecule has 1 amide bonds. The minimum absolute atomic E-state index is 0.115. The molecule has 0 atom stereocenters. The minimum Gasteiger partial charge on any atom is -0.488 e. The third-order valence-corrected chi connectivity index (χ3v) is 5.16. The Labute approximate surface area is 172 Å². The molecule has 1 N–H and O–H groups in total. The van der Waals surface area contributed by atoms with E-state index in [1.54, 1.807) is 6.92 Å². The van der Waals surface area contributed by atoms with Crippen molar-refractivity contribution in [2.24, 2.45) is 0 Å². The first-order valence-corrected chi connectivity index (χ1v) is 9.55. The Balaban J connectivity index is 1.82. The third kappa shape index (κ3) is 4.39. The summed E-state index contributed by atoms with van der Waals surface area (Å²) in [5, 5.41) is 6.56. The molecule has 8 heteroatoms. The molecule has 1 aromatic heterocycles. The maximum absolute atomic E-state index is 13.4. The summed E-state index contributed by atoms with van der Waals surface area (Å²) in [6.45, 7) is 3.78. The van der Waals surface area contributed by atoms with E-state index in [9.17, 15) is 9.18 Å². The highest BCUT2D eigenvalue weighted by atomic mass is 79.9. The Hall–Kier alpha value is -2.19. The number of anilines is 1. The summed E-state index contributed by atoms with van der Waals surface area (Å²) in [6, 6.07) is 10.1. The van der Waals surface area contributed by atoms with Crippen LogP contribution in [0.25, 0.3) is 0 Å². The molecule has 2 aromatic carbocycles. The Morgan fingerprint density at radius 1 is 1.22 bits per heavy atom.